The molecule has 184 valence electrons. The zero-order valence-corrected chi connectivity index (χ0v) is 22.7. The molecule has 1 N–H and O–H groups in total. The molecular formula is C25H27BrClN5O2S. The molecule has 0 aliphatic carbocycles. The van der Waals surface area contributed by atoms with E-state index in [4.69, 9.17) is 16.6 Å². The number of rotatable bonds is 10. The maximum Gasteiger partial charge on any atom is 0.242 e. The van der Waals surface area contributed by atoms with Crippen molar-refractivity contribution in [3.63, 3.8) is 0 Å². The number of benzene rings is 2. The van der Waals surface area contributed by atoms with Crippen molar-refractivity contribution < 1.29 is 8.42 Å². The molecule has 7 nitrogen and oxygen atoms in total. The maximum atomic E-state index is 12.8. The van der Waals surface area contributed by atoms with E-state index in [1.807, 2.05) is 12.1 Å². The first-order valence-electron chi connectivity index (χ1n) is 11.4. The van der Waals surface area contributed by atoms with Crippen LogP contribution in [0.5, 0.6) is 0 Å². The number of halogens is 2. The van der Waals surface area contributed by atoms with Crippen molar-refractivity contribution in [3.05, 3.63) is 75.9 Å². The maximum absolute atomic E-state index is 12.8. The summed E-state index contributed by atoms with van der Waals surface area (Å²) >= 11 is 9.52. The molecule has 0 spiro atoms. The molecular weight excluding hydrogens is 550 g/mol. The molecule has 0 aliphatic rings. The van der Waals surface area contributed by atoms with Gasteiger partial charge in [0.15, 0.2) is 5.65 Å². The van der Waals surface area contributed by atoms with Crippen molar-refractivity contribution in [2.24, 2.45) is 0 Å². The molecule has 0 amide bonds. The summed E-state index contributed by atoms with van der Waals surface area (Å²) in [6, 6.07) is 16.6. The fourth-order valence-electron chi connectivity index (χ4n) is 3.90. The summed E-state index contributed by atoms with van der Waals surface area (Å²) in [6.45, 7) is 3.07. The topological polar surface area (TPSA) is 79.6 Å². The van der Waals surface area contributed by atoms with E-state index in [0.717, 1.165) is 40.0 Å². The van der Waals surface area contributed by atoms with Crippen molar-refractivity contribution in [2.45, 2.75) is 31.1 Å². The first-order valence-corrected chi connectivity index (χ1v) is 14.0. The van der Waals surface area contributed by atoms with Crippen molar-refractivity contribution in [2.75, 3.05) is 25.5 Å². The van der Waals surface area contributed by atoms with Gasteiger partial charge in [-0.05, 0) is 52.5 Å². The number of fused-ring (bicyclic) bond motifs is 1. The Morgan fingerprint density at radius 2 is 1.94 bits per heavy atom. The number of aryl methyl sites for hydroxylation is 1. The van der Waals surface area contributed by atoms with Crippen LogP contribution >= 0.6 is 27.5 Å². The molecule has 2 aromatic carbocycles. The fraction of sp³-hybridized carbons (Fsp3) is 0.280. The molecule has 0 fully saturated rings. The summed E-state index contributed by atoms with van der Waals surface area (Å²) in [4.78, 5) is 5.04. The third-order valence-corrected chi connectivity index (χ3v) is 8.35. The number of hydrogen-bond acceptors (Lipinski definition) is 5. The minimum atomic E-state index is -3.60. The van der Waals surface area contributed by atoms with E-state index < -0.39 is 10.0 Å². The summed E-state index contributed by atoms with van der Waals surface area (Å²) < 4.78 is 29.6. The second-order valence-corrected chi connectivity index (χ2v) is 11.6. The van der Waals surface area contributed by atoms with Gasteiger partial charge in [-0.1, -0.05) is 55.3 Å². The largest absolute Gasteiger partial charge is 0.370 e. The van der Waals surface area contributed by atoms with Gasteiger partial charge in [0.1, 0.15) is 5.82 Å². The van der Waals surface area contributed by atoms with Gasteiger partial charge >= 0.3 is 0 Å². The van der Waals surface area contributed by atoms with Crippen LogP contribution in [-0.4, -0.2) is 47.5 Å². The minimum absolute atomic E-state index is 0.188. The fourth-order valence-corrected chi connectivity index (χ4v) is 5.76. The lowest BCUT2D eigenvalue weighted by Gasteiger charge is -2.18. The normalized spacial score (nSPS) is 11.9. The molecule has 0 radical (unpaired) electrons. The van der Waals surface area contributed by atoms with E-state index in [2.05, 4.69) is 51.5 Å². The van der Waals surface area contributed by atoms with Crippen LogP contribution in [0.1, 0.15) is 25.3 Å². The predicted molar refractivity (Wildman–Crippen MR) is 144 cm³/mol. The third-order valence-electron chi connectivity index (χ3n) is 5.70. The molecule has 0 bridgehead atoms. The number of hydrogen-bond donors (Lipinski definition) is 1. The lowest BCUT2D eigenvalue weighted by atomic mass is 10.0. The highest BCUT2D eigenvalue weighted by molar-refractivity contribution is 9.10. The van der Waals surface area contributed by atoms with Gasteiger partial charge in [-0.15, -0.1) is 0 Å². The number of sulfonamides is 1. The van der Waals surface area contributed by atoms with E-state index in [-0.39, 0.29) is 4.90 Å². The first kappa shape index (κ1) is 25.6. The van der Waals surface area contributed by atoms with Crippen molar-refractivity contribution in [1.82, 2.24) is 18.9 Å². The predicted octanol–water partition coefficient (Wildman–Crippen LogP) is 5.89. The monoisotopic (exact) mass is 575 g/mol. The van der Waals surface area contributed by atoms with Gasteiger partial charge in [0, 0.05) is 36.8 Å². The molecule has 0 atom stereocenters. The summed E-state index contributed by atoms with van der Waals surface area (Å²) in [7, 11) is -2.03. The number of anilines is 1. The van der Waals surface area contributed by atoms with Crippen LogP contribution in [0.3, 0.4) is 0 Å². The minimum Gasteiger partial charge on any atom is -0.370 e. The molecule has 2 aromatic heterocycles. The molecule has 4 rings (SSSR count). The first-order chi connectivity index (χ1) is 16.8. The molecule has 4 aromatic rings. The van der Waals surface area contributed by atoms with Gasteiger partial charge < -0.3 is 5.32 Å². The summed E-state index contributed by atoms with van der Waals surface area (Å²) in [6.07, 6.45) is 4.34. The molecule has 0 aliphatic heterocycles. The zero-order chi connectivity index (χ0) is 25.0. The Balaban J connectivity index is 1.51. The molecule has 0 saturated carbocycles. The second-order valence-electron chi connectivity index (χ2n) is 8.23. The van der Waals surface area contributed by atoms with Gasteiger partial charge in [-0.25, -0.2) is 17.7 Å². The molecule has 35 heavy (non-hydrogen) atoms. The average Bonchev–Trinajstić information content (AvgIpc) is 3.23. The standard InChI is InChI=1S/C25H27BrClN5O2S/c1-3-8-18-9-4-5-12-21(18)23-16-24(32-25(30-23)22(26)17-29-32)28-13-7-14-31(2)35(33,34)20-11-6-10-19(27)15-20/h4-6,9-12,15-17,28H,3,7-8,13-14H2,1-2H3. The Bertz CT molecular complexity index is 1440. The summed E-state index contributed by atoms with van der Waals surface area (Å²) in [5, 5.41) is 8.25. The highest BCUT2D eigenvalue weighted by Crippen LogP contribution is 2.29. The van der Waals surface area contributed by atoms with E-state index in [1.54, 1.807) is 36.0 Å². The highest BCUT2D eigenvalue weighted by Gasteiger charge is 2.20. The van der Waals surface area contributed by atoms with Crippen LogP contribution in [0.25, 0.3) is 16.9 Å². The van der Waals surface area contributed by atoms with Gasteiger partial charge in [-0.2, -0.15) is 9.61 Å². The van der Waals surface area contributed by atoms with Gasteiger partial charge in [0.2, 0.25) is 10.0 Å². The summed E-state index contributed by atoms with van der Waals surface area (Å²) in [5.74, 6) is 0.794. The Hall–Kier alpha value is -2.46. The third kappa shape index (κ3) is 5.69. The van der Waals surface area contributed by atoms with Crippen LogP contribution in [0, 0.1) is 0 Å². The van der Waals surface area contributed by atoms with E-state index in [0.29, 0.717) is 24.5 Å². The Labute approximate surface area is 219 Å². The van der Waals surface area contributed by atoms with Gasteiger partial charge in [0.25, 0.3) is 0 Å². The number of nitrogens with one attached hydrogen (secondary N) is 1. The molecule has 0 saturated heterocycles. The lowest BCUT2D eigenvalue weighted by molar-refractivity contribution is 0.465. The van der Waals surface area contributed by atoms with Crippen LogP contribution < -0.4 is 5.32 Å². The van der Waals surface area contributed by atoms with Crippen LogP contribution in [-0.2, 0) is 16.4 Å². The van der Waals surface area contributed by atoms with Gasteiger partial charge in [-0.3, -0.25) is 0 Å². The zero-order valence-electron chi connectivity index (χ0n) is 19.6. The van der Waals surface area contributed by atoms with Crippen molar-refractivity contribution in [1.29, 1.82) is 0 Å². The van der Waals surface area contributed by atoms with Gasteiger partial charge in [0.05, 0.1) is 21.3 Å². The number of aromatic nitrogens is 3. The van der Waals surface area contributed by atoms with E-state index in [1.165, 1.54) is 15.9 Å². The van der Waals surface area contributed by atoms with Crippen LogP contribution in [0.2, 0.25) is 5.02 Å². The second kappa shape index (κ2) is 11.1. The smallest absolute Gasteiger partial charge is 0.242 e. The van der Waals surface area contributed by atoms with Crippen LogP contribution in [0.15, 0.2) is 70.2 Å². The summed E-state index contributed by atoms with van der Waals surface area (Å²) in [5.41, 5.74) is 3.93. The quantitative estimate of drug-likeness (QED) is 0.238. The van der Waals surface area contributed by atoms with Crippen molar-refractivity contribution in [3.8, 4) is 11.3 Å². The Morgan fingerprint density at radius 1 is 1.14 bits per heavy atom. The number of nitrogens with zero attached hydrogens (tertiary/aromatic N) is 4. The Kier molecular flexibility index (Phi) is 8.11. The SMILES string of the molecule is CCCc1ccccc1-c1cc(NCCCN(C)S(=O)(=O)c2cccc(Cl)c2)n2ncc(Br)c2n1. The Morgan fingerprint density at radius 3 is 2.71 bits per heavy atom. The molecule has 10 heteroatoms. The molecule has 0 unspecified atom stereocenters. The highest BCUT2D eigenvalue weighted by atomic mass is 79.9. The van der Waals surface area contributed by atoms with E-state index in [9.17, 15) is 8.42 Å². The average molecular weight is 577 g/mol. The van der Waals surface area contributed by atoms with E-state index >= 15 is 0 Å². The van der Waals surface area contributed by atoms with Crippen molar-refractivity contribution >= 4 is 49.0 Å². The van der Waals surface area contributed by atoms with Crippen LogP contribution in [0.4, 0.5) is 5.82 Å². The molecule has 2 heterocycles. The lowest BCUT2D eigenvalue weighted by Crippen LogP contribution is -2.29.